The molecule has 1 unspecified atom stereocenters. The fourth-order valence-corrected chi connectivity index (χ4v) is 3.91. The summed E-state index contributed by atoms with van der Waals surface area (Å²) in [6, 6.07) is 1.84. The van der Waals surface area contributed by atoms with Gasteiger partial charge in [-0.1, -0.05) is 13.8 Å². The largest absolute Gasteiger partial charge is 0.350 e. The van der Waals surface area contributed by atoms with Gasteiger partial charge in [0.05, 0.1) is 11.9 Å². The molecule has 1 aromatic rings. The summed E-state index contributed by atoms with van der Waals surface area (Å²) < 4.78 is 26.6. The molecule has 0 radical (unpaired) electrons. The number of carbonyl (C=O) groups excluding carboxylic acids is 1. The Morgan fingerprint density at radius 3 is 2.75 bits per heavy atom. The van der Waals surface area contributed by atoms with Gasteiger partial charge in [0.1, 0.15) is 5.69 Å². The highest BCUT2D eigenvalue weighted by Gasteiger charge is 2.26. The molecule has 24 heavy (non-hydrogen) atoms. The molecule has 2 rings (SSSR count). The molecule has 2 heterocycles. The predicted molar refractivity (Wildman–Crippen MR) is 93.5 cm³/mol. The lowest BCUT2D eigenvalue weighted by molar-refractivity contribution is 0.0931. The predicted octanol–water partition coefficient (Wildman–Crippen LogP) is 1.43. The van der Waals surface area contributed by atoms with Crippen LogP contribution in [0.3, 0.4) is 0 Å². The summed E-state index contributed by atoms with van der Waals surface area (Å²) >= 11 is 0. The maximum absolute atomic E-state index is 12.5. The number of nitrogens with one attached hydrogen (secondary N) is 1. The standard InChI is InChI=1S/C16H28N4O3S/c1-5-20-15(9-14(18-20)12(2)3)16(21)17-10-13-7-6-8-19(11-13)24(4,22)23/h9,12-13H,5-8,10-11H2,1-4H3,(H,17,21). The highest BCUT2D eigenvalue weighted by atomic mass is 32.2. The van der Waals surface area contributed by atoms with Crippen molar-refractivity contribution in [2.45, 2.75) is 46.1 Å². The molecule has 1 saturated heterocycles. The van der Waals surface area contributed by atoms with E-state index in [9.17, 15) is 13.2 Å². The number of piperidine rings is 1. The molecule has 1 aliphatic rings. The Balaban J connectivity index is 1.98. The van der Waals surface area contributed by atoms with Gasteiger partial charge in [0.2, 0.25) is 10.0 Å². The van der Waals surface area contributed by atoms with Gasteiger partial charge in [0.15, 0.2) is 0 Å². The van der Waals surface area contributed by atoms with Crippen LogP contribution in [-0.4, -0.2) is 54.3 Å². The van der Waals surface area contributed by atoms with Crippen molar-refractivity contribution in [3.8, 4) is 0 Å². The number of hydrogen-bond donors (Lipinski definition) is 1. The summed E-state index contributed by atoms with van der Waals surface area (Å²) in [5, 5.41) is 7.40. The van der Waals surface area contributed by atoms with Crippen molar-refractivity contribution in [3.63, 3.8) is 0 Å². The molecule has 1 aromatic heterocycles. The minimum absolute atomic E-state index is 0.146. The van der Waals surface area contributed by atoms with E-state index in [1.807, 2.05) is 26.8 Å². The van der Waals surface area contributed by atoms with Crippen molar-refractivity contribution >= 4 is 15.9 Å². The molecule has 0 saturated carbocycles. The first-order valence-corrected chi connectivity index (χ1v) is 10.4. The highest BCUT2D eigenvalue weighted by Crippen LogP contribution is 2.18. The average molecular weight is 356 g/mol. The van der Waals surface area contributed by atoms with E-state index in [1.54, 1.807) is 4.68 Å². The van der Waals surface area contributed by atoms with Crippen molar-refractivity contribution in [2.75, 3.05) is 25.9 Å². The maximum atomic E-state index is 12.5. The number of carbonyl (C=O) groups is 1. The quantitative estimate of drug-likeness (QED) is 0.836. The van der Waals surface area contributed by atoms with Crippen LogP contribution >= 0.6 is 0 Å². The van der Waals surface area contributed by atoms with E-state index in [1.165, 1.54) is 10.6 Å². The third-order valence-electron chi connectivity index (χ3n) is 4.42. The fourth-order valence-electron chi connectivity index (χ4n) is 2.96. The first-order chi connectivity index (χ1) is 11.2. The summed E-state index contributed by atoms with van der Waals surface area (Å²) in [6.45, 7) is 8.22. The van der Waals surface area contributed by atoms with Crippen LogP contribution < -0.4 is 5.32 Å². The van der Waals surface area contributed by atoms with Gasteiger partial charge in [-0.3, -0.25) is 9.48 Å². The second-order valence-electron chi connectivity index (χ2n) is 6.76. The minimum atomic E-state index is -3.16. The Morgan fingerprint density at radius 2 is 2.17 bits per heavy atom. The van der Waals surface area contributed by atoms with E-state index in [0.717, 1.165) is 18.5 Å². The molecule has 0 spiro atoms. The van der Waals surface area contributed by atoms with Crippen molar-refractivity contribution in [2.24, 2.45) is 5.92 Å². The smallest absolute Gasteiger partial charge is 0.269 e. The molecular weight excluding hydrogens is 328 g/mol. The molecule has 1 N–H and O–H groups in total. The first kappa shape index (κ1) is 18.9. The van der Waals surface area contributed by atoms with Gasteiger partial charge in [-0.15, -0.1) is 0 Å². The summed E-state index contributed by atoms with van der Waals surface area (Å²) in [7, 11) is -3.16. The van der Waals surface area contributed by atoms with Crippen LogP contribution in [0.25, 0.3) is 0 Å². The topological polar surface area (TPSA) is 84.3 Å². The van der Waals surface area contributed by atoms with E-state index in [-0.39, 0.29) is 17.7 Å². The first-order valence-electron chi connectivity index (χ1n) is 8.53. The zero-order valence-electron chi connectivity index (χ0n) is 14.9. The Labute approximate surface area is 144 Å². The molecule has 136 valence electrons. The highest BCUT2D eigenvalue weighted by molar-refractivity contribution is 7.88. The van der Waals surface area contributed by atoms with Crippen LogP contribution in [-0.2, 0) is 16.6 Å². The van der Waals surface area contributed by atoms with Gasteiger partial charge >= 0.3 is 0 Å². The molecule has 1 aliphatic heterocycles. The number of sulfonamides is 1. The monoisotopic (exact) mass is 356 g/mol. The van der Waals surface area contributed by atoms with Crippen molar-refractivity contribution in [1.82, 2.24) is 19.4 Å². The molecule has 1 fully saturated rings. The van der Waals surface area contributed by atoms with Crippen LogP contribution in [0.4, 0.5) is 0 Å². The van der Waals surface area contributed by atoms with Crippen LogP contribution in [0.15, 0.2) is 6.07 Å². The number of aryl methyl sites for hydroxylation is 1. The normalized spacial score (nSPS) is 19.6. The Morgan fingerprint density at radius 1 is 1.46 bits per heavy atom. The van der Waals surface area contributed by atoms with E-state index < -0.39 is 10.0 Å². The SMILES string of the molecule is CCn1nc(C(C)C)cc1C(=O)NCC1CCCN(S(C)(=O)=O)C1. The molecule has 7 nitrogen and oxygen atoms in total. The lowest BCUT2D eigenvalue weighted by Crippen LogP contribution is -2.43. The molecule has 0 aliphatic carbocycles. The minimum Gasteiger partial charge on any atom is -0.350 e. The van der Waals surface area contributed by atoms with Gasteiger partial charge in [-0.25, -0.2) is 12.7 Å². The van der Waals surface area contributed by atoms with Crippen LogP contribution in [0.1, 0.15) is 55.7 Å². The summed E-state index contributed by atoms with van der Waals surface area (Å²) in [5.74, 6) is 0.277. The Kier molecular flexibility index (Phi) is 6.03. The number of amides is 1. The van der Waals surface area contributed by atoms with E-state index in [4.69, 9.17) is 0 Å². The van der Waals surface area contributed by atoms with Gasteiger partial charge < -0.3 is 5.32 Å². The number of aromatic nitrogens is 2. The van der Waals surface area contributed by atoms with E-state index >= 15 is 0 Å². The number of nitrogens with zero attached hydrogens (tertiary/aromatic N) is 3. The summed E-state index contributed by atoms with van der Waals surface area (Å²) in [4.78, 5) is 12.5. The van der Waals surface area contributed by atoms with Crippen molar-refractivity contribution in [1.29, 1.82) is 0 Å². The molecule has 0 bridgehead atoms. The second-order valence-corrected chi connectivity index (χ2v) is 8.75. The van der Waals surface area contributed by atoms with Gasteiger partial charge in [-0.2, -0.15) is 5.10 Å². The van der Waals surface area contributed by atoms with Gasteiger partial charge in [0.25, 0.3) is 5.91 Å². The van der Waals surface area contributed by atoms with Gasteiger partial charge in [-0.05, 0) is 37.7 Å². The molecule has 1 amide bonds. The Hall–Kier alpha value is -1.41. The third-order valence-corrected chi connectivity index (χ3v) is 5.69. The molecule has 0 aromatic carbocycles. The Bertz CT molecular complexity index is 681. The van der Waals surface area contributed by atoms with Crippen molar-refractivity contribution in [3.05, 3.63) is 17.5 Å². The summed E-state index contributed by atoms with van der Waals surface area (Å²) in [5.41, 5.74) is 1.47. The zero-order chi connectivity index (χ0) is 17.9. The molecular formula is C16H28N4O3S. The lowest BCUT2D eigenvalue weighted by atomic mass is 10.00. The van der Waals surface area contributed by atoms with Crippen molar-refractivity contribution < 1.29 is 13.2 Å². The van der Waals surface area contributed by atoms with Gasteiger partial charge in [0, 0.05) is 26.2 Å². The lowest BCUT2D eigenvalue weighted by Gasteiger charge is -2.30. The van der Waals surface area contributed by atoms with E-state index in [0.29, 0.717) is 31.9 Å². The fraction of sp³-hybridized carbons (Fsp3) is 0.750. The second kappa shape index (κ2) is 7.65. The van der Waals surface area contributed by atoms with Crippen LogP contribution in [0.5, 0.6) is 0 Å². The molecule has 1 atom stereocenters. The molecule has 8 heteroatoms. The third kappa shape index (κ3) is 4.57. The number of rotatable bonds is 6. The van der Waals surface area contributed by atoms with Crippen LogP contribution in [0.2, 0.25) is 0 Å². The zero-order valence-corrected chi connectivity index (χ0v) is 15.8. The van der Waals surface area contributed by atoms with E-state index in [2.05, 4.69) is 10.4 Å². The maximum Gasteiger partial charge on any atom is 0.269 e. The summed E-state index contributed by atoms with van der Waals surface area (Å²) in [6.07, 6.45) is 3.00. The van der Waals surface area contributed by atoms with Crippen LogP contribution in [0, 0.1) is 5.92 Å². The number of hydrogen-bond acceptors (Lipinski definition) is 4. The average Bonchev–Trinajstić information content (AvgIpc) is 2.97.